The van der Waals surface area contributed by atoms with Crippen molar-refractivity contribution in [3.8, 4) is 11.4 Å². The summed E-state index contributed by atoms with van der Waals surface area (Å²) in [6.07, 6.45) is 0. The summed E-state index contributed by atoms with van der Waals surface area (Å²) in [6.45, 7) is 0. The van der Waals surface area contributed by atoms with Crippen molar-refractivity contribution in [2.45, 2.75) is 10.9 Å². The molecular formula is C24H18ClN3O2S. The van der Waals surface area contributed by atoms with Crippen LogP contribution in [0.15, 0.2) is 82.7 Å². The van der Waals surface area contributed by atoms with Crippen LogP contribution in [0, 0.1) is 0 Å². The highest BCUT2D eigenvalue weighted by atomic mass is 35.5. The van der Waals surface area contributed by atoms with Gasteiger partial charge >= 0.3 is 0 Å². The molecule has 154 valence electrons. The minimum atomic E-state index is -0.134. The van der Waals surface area contributed by atoms with E-state index in [9.17, 15) is 4.79 Å². The number of benzene rings is 3. The molecule has 1 N–H and O–H groups in total. The molecule has 0 aliphatic carbocycles. The van der Waals surface area contributed by atoms with Gasteiger partial charge in [0.1, 0.15) is 16.8 Å². The Bertz CT molecular complexity index is 1440. The van der Waals surface area contributed by atoms with Gasteiger partial charge in [-0.25, -0.2) is 4.98 Å². The zero-order valence-corrected chi connectivity index (χ0v) is 18.2. The van der Waals surface area contributed by atoms with Gasteiger partial charge in [-0.1, -0.05) is 53.7 Å². The quantitative estimate of drug-likeness (QED) is 0.272. The second-order valence-electron chi connectivity index (χ2n) is 7.04. The van der Waals surface area contributed by atoms with E-state index in [-0.39, 0.29) is 5.56 Å². The van der Waals surface area contributed by atoms with Gasteiger partial charge in [-0.2, -0.15) is 0 Å². The van der Waals surface area contributed by atoms with Crippen LogP contribution in [0.1, 0.15) is 5.56 Å². The van der Waals surface area contributed by atoms with Crippen molar-refractivity contribution in [3.63, 3.8) is 0 Å². The predicted octanol–water partition coefficient (Wildman–Crippen LogP) is 5.82. The number of nitrogens with one attached hydrogen (secondary N) is 1. The molecule has 0 saturated carbocycles. The molecule has 0 unspecified atom stereocenters. The summed E-state index contributed by atoms with van der Waals surface area (Å²) in [5.41, 5.74) is 3.77. The van der Waals surface area contributed by atoms with Crippen LogP contribution in [0.2, 0.25) is 5.02 Å². The van der Waals surface area contributed by atoms with E-state index in [0.29, 0.717) is 27.0 Å². The van der Waals surface area contributed by atoms with E-state index < -0.39 is 0 Å². The Morgan fingerprint density at radius 1 is 1.03 bits per heavy atom. The number of nitrogens with zero attached hydrogens (tertiary/aromatic N) is 2. The molecule has 0 spiro atoms. The van der Waals surface area contributed by atoms with Crippen molar-refractivity contribution in [2.75, 3.05) is 7.11 Å². The molecule has 0 bridgehead atoms. The lowest BCUT2D eigenvalue weighted by Crippen LogP contribution is -2.21. The fourth-order valence-corrected chi connectivity index (χ4v) is 4.61. The Kier molecular flexibility index (Phi) is 5.18. The second-order valence-corrected chi connectivity index (χ2v) is 8.42. The summed E-state index contributed by atoms with van der Waals surface area (Å²) >= 11 is 7.53. The summed E-state index contributed by atoms with van der Waals surface area (Å²) in [5.74, 6) is 1.39. The van der Waals surface area contributed by atoms with E-state index in [1.807, 2.05) is 72.8 Å². The Labute approximate surface area is 187 Å². The predicted molar refractivity (Wildman–Crippen MR) is 127 cm³/mol. The summed E-state index contributed by atoms with van der Waals surface area (Å²) in [7, 11) is 1.62. The smallest absolute Gasteiger partial charge is 0.283 e. The Morgan fingerprint density at radius 2 is 1.77 bits per heavy atom. The largest absolute Gasteiger partial charge is 0.497 e. The normalized spacial score (nSPS) is 11.3. The van der Waals surface area contributed by atoms with Crippen LogP contribution in [-0.2, 0) is 5.75 Å². The monoisotopic (exact) mass is 447 g/mol. The molecular weight excluding hydrogens is 430 g/mol. The maximum atomic E-state index is 13.6. The standard InChI is InChI=1S/C24H18ClN3O2S/c1-30-18-12-10-17(11-13-18)28-23(29)22-21(19-4-2-3-5-20(19)26-22)27-24(28)31-14-15-6-8-16(25)9-7-15/h2-13,26H,14H2,1H3. The fourth-order valence-electron chi connectivity index (χ4n) is 3.53. The molecule has 5 rings (SSSR count). The average Bonchev–Trinajstić information content (AvgIpc) is 3.18. The van der Waals surface area contributed by atoms with E-state index in [0.717, 1.165) is 27.9 Å². The highest BCUT2D eigenvalue weighted by molar-refractivity contribution is 7.98. The molecule has 0 aliphatic heterocycles. The van der Waals surface area contributed by atoms with Gasteiger partial charge in [0, 0.05) is 21.7 Å². The van der Waals surface area contributed by atoms with Crippen molar-refractivity contribution in [3.05, 3.63) is 93.7 Å². The van der Waals surface area contributed by atoms with Gasteiger partial charge in [0.25, 0.3) is 5.56 Å². The van der Waals surface area contributed by atoms with Crippen molar-refractivity contribution in [1.29, 1.82) is 0 Å². The summed E-state index contributed by atoms with van der Waals surface area (Å²) in [4.78, 5) is 21.7. The van der Waals surface area contributed by atoms with Gasteiger partial charge in [0.15, 0.2) is 5.16 Å². The summed E-state index contributed by atoms with van der Waals surface area (Å²) in [6, 6.07) is 22.9. The van der Waals surface area contributed by atoms with Crippen LogP contribution >= 0.6 is 23.4 Å². The number of aromatic nitrogens is 3. The first-order valence-corrected chi connectivity index (χ1v) is 11.1. The SMILES string of the molecule is COc1ccc(-n2c(SCc3ccc(Cl)cc3)nc3c([nH]c4ccccc43)c2=O)cc1. The van der Waals surface area contributed by atoms with Gasteiger partial charge in [-0.05, 0) is 48.0 Å². The van der Waals surface area contributed by atoms with Crippen LogP contribution in [0.25, 0.3) is 27.6 Å². The molecule has 5 nitrogen and oxygen atoms in total. The van der Waals surface area contributed by atoms with E-state index >= 15 is 0 Å². The van der Waals surface area contributed by atoms with Gasteiger partial charge < -0.3 is 9.72 Å². The lowest BCUT2D eigenvalue weighted by atomic mass is 10.2. The van der Waals surface area contributed by atoms with Crippen LogP contribution < -0.4 is 10.3 Å². The Hall–Kier alpha value is -3.22. The van der Waals surface area contributed by atoms with Crippen LogP contribution in [-0.4, -0.2) is 21.6 Å². The number of thioether (sulfide) groups is 1. The van der Waals surface area contributed by atoms with Gasteiger partial charge in [0.05, 0.1) is 12.8 Å². The average molecular weight is 448 g/mol. The van der Waals surface area contributed by atoms with Crippen molar-refractivity contribution < 1.29 is 4.74 Å². The number of H-pyrrole nitrogens is 1. The number of fused-ring (bicyclic) bond motifs is 3. The fraction of sp³-hybridized carbons (Fsp3) is 0.0833. The molecule has 3 aromatic carbocycles. The van der Waals surface area contributed by atoms with Crippen LogP contribution in [0.4, 0.5) is 0 Å². The van der Waals surface area contributed by atoms with Crippen LogP contribution in [0.3, 0.4) is 0 Å². The first kappa shape index (κ1) is 19.7. The minimum Gasteiger partial charge on any atom is -0.497 e. The Balaban J connectivity index is 1.68. The van der Waals surface area contributed by atoms with E-state index in [4.69, 9.17) is 21.3 Å². The first-order chi connectivity index (χ1) is 15.1. The zero-order chi connectivity index (χ0) is 21.4. The molecule has 0 fully saturated rings. The minimum absolute atomic E-state index is 0.134. The van der Waals surface area contributed by atoms with Crippen molar-refractivity contribution in [1.82, 2.24) is 14.5 Å². The second kappa shape index (κ2) is 8.13. The first-order valence-electron chi connectivity index (χ1n) is 9.69. The third-order valence-electron chi connectivity index (χ3n) is 5.11. The molecule has 5 aromatic rings. The lowest BCUT2D eigenvalue weighted by molar-refractivity contribution is 0.414. The van der Waals surface area contributed by atoms with E-state index in [1.54, 1.807) is 11.7 Å². The third kappa shape index (κ3) is 3.69. The Morgan fingerprint density at radius 3 is 2.52 bits per heavy atom. The molecule has 2 aromatic heterocycles. The maximum absolute atomic E-state index is 13.6. The summed E-state index contributed by atoms with van der Waals surface area (Å²) in [5, 5.41) is 2.26. The number of hydrogen-bond acceptors (Lipinski definition) is 4. The summed E-state index contributed by atoms with van der Waals surface area (Å²) < 4.78 is 6.92. The number of para-hydroxylation sites is 1. The number of rotatable bonds is 5. The molecule has 7 heteroatoms. The zero-order valence-electron chi connectivity index (χ0n) is 16.6. The van der Waals surface area contributed by atoms with Gasteiger partial charge in [-0.3, -0.25) is 9.36 Å². The van der Waals surface area contributed by atoms with Crippen LogP contribution in [0.5, 0.6) is 5.75 Å². The lowest BCUT2D eigenvalue weighted by Gasteiger charge is -2.13. The molecule has 31 heavy (non-hydrogen) atoms. The molecule has 0 saturated heterocycles. The van der Waals surface area contributed by atoms with Crippen molar-refractivity contribution in [2.24, 2.45) is 0 Å². The van der Waals surface area contributed by atoms with E-state index in [1.165, 1.54) is 11.8 Å². The topological polar surface area (TPSA) is 59.9 Å². The number of ether oxygens (including phenoxy) is 1. The van der Waals surface area contributed by atoms with Gasteiger partial charge in [-0.15, -0.1) is 0 Å². The molecule has 2 heterocycles. The molecule has 0 aliphatic rings. The highest BCUT2D eigenvalue weighted by Crippen LogP contribution is 2.28. The molecule has 0 atom stereocenters. The number of aromatic amines is 1. The highest BCUT2D eigenvalue weighted by Gasteiger charge is 2.17. The number of methoxy groups -OCH3 is 1. The molecule has 0 radical (unpaired) electrons. The maximum Gasteiger partial charge on any atom is 0.283 e. The van der Waals surface area contributed by atoms with Gasteiger partial charge in [0.2, 0.25) is 0 Å². The number of halogens is 1. The number of hydrogen-bond donors (Lipinski definition) is 1. The van der Waals surface area contributed by atoms with E-state index in [2.05, 4.69) is 4.98 Å². The third-order valence-corrected chi connectivity index (χ3v) is 6.37. The van der Waals surface area contributed by atoms with Crippen molar-refractivity contribution >= 4 is 45.3 Å². The molecule has 0 amide bonds.